The van der Waals surface area contributed by atoms with E-state index in [1.165, 1.54) is 24.3 Å². The van der Waals surface area contributed by atoms with Crippen molar-refractivity contribution < 1.29 is 9.18 Å². The molecule has 20 heavy (non-hydrogen) atoms. The van der Waals surface area contributed by atoms with Crippen molar-refractivity contribution in [3.05, 3.63) is 70.0 Å². The van der Waals surface area contributed by atoms with Gasteiger partial charge in [-0.05, 0) is 30.3 Å². The number of halogens is 3. The number of para-hydroxylation sites is 1. The van der Waals surface area contributed by atoms with Crippen LogP contribution in [0.4, 0.5) is 10.1 Å². The van der Waals surface area contributed by atoms with E-state index in [0.29, 0.717) is 10.7 Å². The number of carbonyl (C=O) groups is 1. The maximum atomic E-state index is 13.5. The van der Waals surface area contributed by atoms with Crippen LogP contribution in [-0.4, -0.2) is 5.91 Å². The third-order valence-electron chi connectivity index (χ3n) is 2.53. The van der Waals surface area contributed by atoms with E-state index in [0.717, 1.165) is 0 Å². The van der Waals surface area contributed by atoms with Crippen LogP contribution in [0.1, 0.15) is 5.56 Å². The van der Waals surface area contributed by atoms with Gasteiger partial charge in [-0.15, -0.1) is 0 Å². The standard InChI is InChI=1S/C15H10Cl2FNO/c16-11-5-3-6-13(18)10(11)8-9-15(20)19-14-7-2-1-4-12(14)17/h1-9H,(H,19,20)/b9-8+. The van der Waals surface area contributed by atoms with Gasteiger partial charge in [0.25, 0.3) is 0 Å². The topological polar surface area (TPSA) is 29.1 Å². The molecule has 0 fully saturated rings. The predicted octanol–water partition coefficient (Wildman–Crippen LogP) is 4.78. The number of nitrogens with one attached hydrogen (secondary N) is 1. The molecule has 2 aromatic rings. The summed E-state index contributed by atoms with van der Waals surface area (Å²) < 4.78 is 13.5. The molecule has 0 spiro atoms. The number of amides is 1. The second kappa shape index (κ2) is 6.55. The molecule has 5 heteroatoms. The SMILES string of the molecule is O=C(/C=C/c1c(F)cccc1Cl)Nc1ccccc1Cl. The lowest BCUT2D eigenvalue weighted by atomic mass is 10.2. The van der Waals surface area contributed by atoms with E-state index < -0.39 is 11.7 Å². The smallest absolute Gasteiger partial charge is 0.248 e. The van der Waals surface area contributed by atoms with Gasteiger partial charge >= 0.3 is 0 Å². The van der Waals surface area contributed by atoms with E-state index in [9.17, 15) is 9.18 Å². The molecule has 0 saturated heterocycles. The number of hydrogen-bond donors (Lipinski definition) is 1. The Hall–Kier alpha value is -1.84. The second-order valence-corrected chi connectivity index (χ2v) is 4.75. The zero-order chi connectivity index (χ0) is 14.5. The van der Waals surface area contributed by atoms with Crippen LogP contribution in [0, 0.1) is 5.82 Å². The number of benzene rings is 2. The molecule has 102 valence electrons. The molecule has 0 bridgehead atoms. The van der Waals surface area contributed by atoms with E-state index in [-0.39, 0.29) is 10.6 Å². The van der Waals surface area contributed by atoms with Crippen LogP contribution in [0.15, 0.2) is 48.5 Å². The zero-order valence-electron chi connectivity index (χ0n) is 10.2. The highest BCUT2D eigenvalue weighted by molar-refractivity contribution is 6.34. The summed E-state index contributed by atoms with van der Waals surface area (Å²) in [4.78, 5) is 11.7. The maximum Gasteiger partial charge on any atom is 0.248 e. The Labute approximate surface area is 125 Å². The van der Waals surface area contributed by atoms with E-state index in [1.807, 2.05) is 0 Å². The highest BCUT2D eigenvalue weighted by Gasteiger charge is 2.05. The van der Waals surface area contributed by atoms with Gasteiger partial charge < -0.3 is 5.32 Å². The number of anilines is 1. The van der Waals surface area contributed by atoms with Gasteiger partial charge in [-0.25, -0.2) is 4.39 Å². The molecule has 1 N–H and O–H groups in total. The van der Waals surface area contributed by atoms with Crippen LogP contribution in [0.5, 0.6) is 0 Å². The third kappa shape index (κ3) is 3.59. The molecule has 1 amide bonds. The maximum absolute atomic E-state index is 13.5. The number of rotatable bonds is 3. The Balaban J connectivity index is 2.12. The molecule has 0 aliphatic heterocycles. The molecule has 0 aliphatic carbocycles. The van der Waals surface area contributed by atoms with Crippen molar-refractivity contribution in [2.75, 3.05) is 5.32 Å². The fraction of sp³-hybridized carbons (Fsp3) is 0. The van der Waals surface area contributed by atoms with Gasteiger partial charge in [-0.2, -0.15) is 0 Å². The predicted molar refractivity (Wildman–Crippen MR) is 80.5 cm³/mol. The summed E-state index contributed by atoms with van der Waals surface area (Å²) in [5.74, 6) is -0.906. The Bertz CT molecular complexity index is 650. The van der Waals surface area contributed by atoms with Gasteiger partial charge in [-0.1, -0.05) is 41.4 Å². The summed E-state index contributed by atoms with van der Waals surface area (Å²) in [7, 11) is 0. The molecule has 0 heterocycles. The minimum absolute atomic E-state index is 0.170. The molecular weight excluding hydrogens is 300 g/mol. The van der Waals surface area contributed by atoms with Crippen molar-refractivity contribution >= 4 is 40.9 Å². The Morgan fingerprint density at radius 3 is 2.45 bits per heavy atom. The Kier molecular flexibility index (Phi) is 4.77. The van der Waals surface area contributed by atoms with Crippen molar-refractivity contribution in [3.63, 3.8) is 0 Å². The largest absolute Gasteiger partial charge is 0.321 e. The second-order valence-electron chi connectivity index (χ2n) is 3.94. The zero-order valence-corrected chi connectivity index (χ0v) is 11.8. The normalized spacial score (nSPS) is 10.8. The van der Waals surface area contributed by atoms with E-state index >= 15 is 0 Å². The summed E-state index contributed by atoms with van der Waals surface area (Å²) >= 11 is 11.8. The number of carbonyl (C=O) groups excluding carboxylic acids is 1. The summed E-state index contributed by atoms with van der Waals surface area (Å²) in [6, 6.07) is 11.2. The molecule has 0 saturated carbocycles. The van der Waals surface area contributed by atoms with E-state index in [4.69, 9.17) is 23.2 Å². The minimum atomic E-state index is -0.487. The molecule has 0 atom stereocenters. The summed E-state index contributed by atoms with van der Waals surface area (Å²) in [5.41, 5.74) is 0.659. The van der Waals surface area contributed by atoms with Crippen molar-refractivity contribution in [2.45, 2.75) is 0 Å². The van der Waals surface area contributed by atoms with E-state index in [2.05, 4.69) is 5.32 Å². The van der Waals surface area contributed by atoms with Crippen molar-refractivity contribution in [2.24, 2.45) is 0 Å². The first-order valence-corrected chi connectivity index (χ1v) is 6.51. The monoisotopic (exact) mass is 309 g/mol. The quantitative estimate of drug-likeness (QED) is 0.812. The van der Waals surface area contributed by atoms with Crippen LogP contribution in [0.3, 0.4) is 0 Å². The average molecular weight is 310 g/mol. The van der Waals surface area contributed by atoms with Crippen LogP contribution >= 0.6 is 23.2 Å². The molecule has 0 aromatic heterocycles. The van der Waals surface area contributed by atoms with Crippen LogP contribution in [0.2, 0.25) is 10.0 Å². The molecule has 0 radical (unpaired) electrons. The molecule has 2 nitrogen and oxygen atoms in total. The van der Waals surface area contributed by atoms with Gasteiger partial charge in [0.05, 0.1) is 15.7 Å². The van der Waals surface area contributed by atoms with Gasteiger partial charge in [0.2, 0.25) is 5.91 Å². The lowest BCUT2D eigenvalue weighted by Crippen LogP contribution is -2.08. The third-order valence-corrected chi connectivity index (χ3v) is 3.19. The Morgan fingerprint density at radius 1 is 1.05 bits per heavy atom. The fourth-order valence-corrected chi connectivity index (χ4v) is 1.97. The van der Waals surface area contributed by atoms with Gasteiger partial charge in [0, 0.05) is 11.6 Å². The average Bonchev–Trinajstić information content (AvgIpc) is 2.41. The van der Waals surface area contributed by atoms with E-state index in [1.54, 1.807) is 30.3 Å². The molecule has 0 unspecified atom stereocenters. The van der Waals surface area contributed by atoms with Gasteiger partial charge in [0.15, 0.2) is 0 Å². The van der Waals surface area contributed by atoms with Crippen molar-refractivity contribution in [1.82, 2.24) is 0 Å². The van der Waals surface area contributed by atoms with Crippen LogP contribution < -0.4 is 5.32 Å². The first-order valence-electron chi connectivity index (χ1n) is 5.75. The molecule has 2 rings (SSSR count). The van der Waals surface area contributed by atoms with Crippen LogP contribution in [0.25, 0.3) is 6.08 Å². The minimum Gasteiger partial charge on any atom is -0.321 e. The van der Waals surface area contributed by atoms with Crippen molar-refractivity contribution in [3.8, 4) is 0 Å². The first-order chi connectivity index (χ1) is 9.58. The fourth-order valence-electron chi connectivity index (χ4n) is 1.57. The summed E-state index contributed by atoms with van der Waals surface area (Å²) in [6.07, 6.45) is 2.53. The highest BCUT2D eigenvalue weighted by atomic mass is 35.5. The lowest BCUT2D eigenvalue weighted by Gasteiger charge is -2.04. The summed E-state index contributed by atoms with van der Waals surface area (Å²) in [6.45, 7) is 0. The van der Waals surface area contributed by atoms with Gasteiger partial charge in [0.1, 0.15) is 5.82 Å². The first kappa shape index (κ1) is 14.6. The Morgan fingerprint density at radius 2 is 1.75 bits per heavy atom. The molecule has 0 aliphatic rings. The van der Waals surface area contributed by atoms with Crippen LogP contribution in [-0.2, 0) is 4.79 Å². The summed E-state index contributed by atoms with van der Waals surface area (Å²) in [5, 5.41) is 3.27. The number of hydrogen-bond acceptors (Lipinski definition) is 1. The highest BCUT2D eigenvalue weighted by Crippen LogP contribution is 2.22. The van der Waals surface area contributed by atoms with Crippen molar-refractivity contribution in [1.29, 1.82) is 0 Å². The molecular formula is C15H10Cl2FNO. The lowest BCUT2D eigenvalue weighted by molar-refractivity contribution is -0.111. The molecule has 2 aromatic carbocycles. The van der Waals surface area contributed by atoms with Gasteiger partial charge in [-0.3, -0.25) is 4.79 Å².